The fourth-order valence-electron chi connectivity index (χ4n) is 1.86. The van der Waals surface area contributed by atoms with Gasteiger partial charge in [0, 0.05) is 9.61 Å². The molecule has 0 saturated carbocycles. The highest BCUT2D eigenvalue weighted by Crippen LogP contribution is 2.26. The molecule has 0 aliphatic rings. The minimum Gasteiger partial charge on any atom is -0.454 e. The molecule has 2 nitrogen and oxygen atoms in total. The van der Waals surface area contributed by atoms with Crippen LogP contribution in [0.15, 0.2) is 42.5 Å². The van der Waals surface area contributed by atoms with E-state index >= 15 is 0 Å². The van der Waals surface area contributed by atoms with E-state index in [1.165, 1.54) is 6.07 Å². The van der Waals surface area contributed by atoms with Gasteiger partial charge in [-0.15, -0.1) is 0 Å². The molecule has 0 heterocycles. The number of benzene rings is 2. The van der Waals surface area contributed by atoms with Crippen LogP contribution in [0.3, 0.4) is 0 Å². The summed E-state index contributed by atoms with van der Waals surface area (Å²) < 4.78 is 20.6. The molecule has 0 saturated heterocycles. The van der Waals surface area contributed by atoms with E-state index in [-0.39, 0.29) is 17.6 Å². The van der Waals surface area contributed by atoms with Crippen molar-refractivity contribution >= 4 is 22.6 Å². The largest absolute Gasteiger partial charge is 0.454 e. The summed E-state index contributed by atoms with van der Waals surface area (Å²) in [6.07, 6.45) is 1.55. The quantitative estimate of drug-likeness (QED) is 0.770. The molecule has 0 radical (unpaired) electrons. The van der Waals surface area contributed by atoms with Crippen LogP contribution in [-0.2, 0) is 6.42 Å². The van der Waals surface area contributed by atoms with Crippen molar-refractivity contribution in [1.82, 2.24) is 0 Å². The third kappa shape index (κ3) is 4.18. The first-order valence-electron chi connectivity index (χ1n) is 6.56. The number of nitrogens with two attached hydrogens (primary N) is 1. The molecule has 2 N–H and O–H groups in total. The van der Waals surface area contributed by atoms with E-state index in [0.29, 0.717) is 12.2 Å². The molecule has 0 aromatic heterocycles. The predicted octanol–water partition coefficient (Wildman–Crippen LogP) is 4.50. The molecule has 0 aliphatic carbocycles. The fraction of sp³-hybridized carbons (Fsp3) is 0.250. The van der Waals surface area contributed by atoms with Crippen LogP contribution in [0.1, 0.15) is 18.9 Å². The van der Waals surface area contributed by atoms with Crippen LogP contribution in [0.5, 0.6) is 11.5 Å². The third-order valence-electron chi connectivity index (χ3n) is 3.04. The molecular formula is C16H17FINO. The van der Waals surface area contributed by atoms with Crippen molar-refractivity contribution in [3.05, 3.63) is 57.4 Å². The molecule has 1 unspecified atom stereocenters. The van der Waals surface area contributed by atoms with Gasteiger partial charge in [0.25, 0.3) is 0 Å². The van der Waals surface area contributed by atoms with E-state index in [4.69, 9.17) is 10.5 Å². The van der Waals surface area contributed by atoms with Crippen molar-refractivity contribution < 1.29 is 9.13 Å². The molecule has 2 aromatic carbocycles. The SMILES string of the molecule is CCC(N)Cc1ccc(Oc2cccc(I)c2)c(F)c1. The topological polar surface area (TPSA) is 35.2 Å². The summed E-state index contributed by atoms with van der Waals surface area (Å²) >= 11 is 2.19. The minimum absolute atomic E-state index is 0.0665. The number of rotatable bonds is 5. The van der Waals surface area contributed by atoms with Gasteiger partial charge < -0.3 is 10.5 Å². The third-order valence-corrected chi connectivity index (χ3v) is 3.71. The second-order valence-corrected chi connectivity index (χ2v) is 5.94. The highest BCUT2D eigenvalue weighted by molar-refractivity contribution is 14.1. The molecule has 0 spiro atoms. The molecule has 0 amide bonds. The summed E-state index contributed by atoms with van der Waals surface area (Å²) in [4.78, 5) is 0. The average Bonchev–Trinajstić information content (AvgIpc) is 2.42. The van der Waals surface area contributed by atoms with Crippen LogP contribution in [0.4, 0.5) is 4.39 Å². The van der Waals surface area contributed by atoms with Gasteiger partial charge in [-0.1, -0.05) is 19.1 Å². The summed E-state index contributed by atoms with van der Waals surface area (Å²) in [5.41, 5.74) is 6.77. The maximum atomic E-state index is 14.0. The minimum atomic E-state index is -0.357. The van der Waals surface area contributed by atoms with Gasteiger partial charge in [0.2, 0.25) is 0 Å². The smallest absolute Gasteiger partial charge is 0.165 e. The van der Waals surface area contributed by atoms with Crippen molar-refractivity contribution in [2.24, 2.45) is 5.73 Å². The Balaban J connectivity index is 2.13. The maximum Gasteiger partial charge on any atom is 0.165 e. The molecule has 20 heavy (non-hydrogen) atoms. The molecule has 2 rings (SSSR count). The molecule has 106 valence electrons. The molecule has 2 aromatic rings. The Morgan fingerprint density at radius 3 is 2.70 bits per heavy atom. The lowest BCUT2D eigenvalue weighted by atomic mass is 10.0. The summed E-state index contributed by atoms with van der Waals surface area (Å²) in [5.74, 6) is 0.513. The van der Waals surface area contributed by atoms with Crippen molar-refractivity contribution in [2.75, 3.05) is 0 Å². The van der Waals surface area contributed by atoms with Crippen LogP contribution in [-0.4, -0.2) is 6.04 Å². The first-order valence-corrected chi connectivity index (χ1v) is 7.63. The standard InChI is InChI=1S/C16H17FINO/c1-2-13(19)8-11-6-7-16(15(17)9-11)20-14-5-3-4-12(18)10-14/h3-7,9-10,13H,2,8,19H2,1H3. The van der Waals surface area contributed by atoms with Gasteiger partial charge in [-0.25, -0.2) is 4.39 Å². The Bertz CT molecular complexity index is 588. The average molecular weight is 385 g/mol. The lowest BCUT2D eigenvalue weighted by Crippen LogP contribution is -2.21. The van der Waals surface area contributed by atoms with Gasteiger partial charge in [-0.05, 0) is 71.3 Å². The van der Waals surface area contributed by atoms with Crippen molar-refractivity contribution in [3.63, 3.8) is 0 Å². The first-order chi connectivity index (χ1) is 9.58. The second-order valence-electron chi connectivity index (χ2n) is 4.70. The molecule has 4 heteroatoms. The highest BCUT2D eigenvalue weighted by atomic mass is 127. The van der Waals surface area contributed by atoms with E-state index in [9.17, 15) is 4.39 Å². The Morgan fingerprint density at radius 1 is 1.25 bits per heavy atom. The zero-order valence-electron chi connectivity index (χ0n) is 11.3. The van der Waals surface area contributed by atoms with Crippen molar-refractivity contribution in [2.45, 2.75) is 25.8 Å². The number of hydrogen-bond acceptors (Lipinski definition) is 2. The van der Waals surface area contributed by atoms with Crippen LogP contribution >= 0.6 is 22.6 Å². The lowest BCUT2D eigenvalue weighted by molar-refractivity contribution is 0.441. The lowest BCUT2D eigenvalue weighted by Gasteiger charge is -2.11. The van der Waals surface area contributed by atoms with Gasteiger partial charge in [-0.3, -0.25) is 0 Å². The molecular weight excluding hydrogens is 368 g/mol. The monoisotopic (exact) mass is 385 g/mol. The van der Waals surface area contributed by atoms with Crippen LogP contribution in [0.2, 0.25) is 0 Å². The first kappa shape index (κ1) is 15.3. The van der Waals surface area contributed by atoms with Crippen molar-refractivity contribution in [3.8, 4) is 11.5 Å². The summed E-state index contributed by atoms with van der Waals surface area (Å²) in [6, 6.07) is 12.6. The summed E-state index contributed by atoms with van der Waals surface area (Å²) in [5, 5.41) is 0. The predicted molar refractivity (Wildman–Crippen MR) is 87.6 cm³/mol. The van der Waals surface area contributed by atoms with E-state index in [2.05, 4.69) is 22.6 Å². The Kier molecular flexibility index (Phi) is 5.37. The van der Waals surface area contributed by atoms with Crippen molar-refractivity contribution in [1.29, 1.82) is 0 Å². The molecule has 0 aliphatic heterocycles. The second kappa shape index (κ2) is 7.04. The highest BCUT2D eigenvalue weighted by Gasteiger charge is 2.08. The Morgan fingerprint density at radius 2 is 2.05 bits per heavy atom. The van der Waals surface area contributed by atoms with E-state index < -0.39 is 0 Å². The van der Waals surface area contributed by atoms with Gasteiger partial charge in [-0.2, -0.15) is 0 Å². The fourth-order valence-corrected chi connectivity index (χ4v) is 2.37. The normalized spacial score (nSPS) is 12.2. The van der Waals surface area contributed by atoms with Gasteiger partial charge in [0.05, 0.1) is 0 Å². The van der Waals surface area contributed by atoms with Gasteiger partial charge >= 0.3 is 0 Å². The van der Waals surface area contributed by atoms with Gasteiger partial charge in [0.15, 0.2) is 11.6 Å². The number of ether oxygens (including phenoxy) is 1. The van der Waals surface area contributed by atoms with E-state index in [1.807, 2.05) is 37.3 Å². The van der Waals surface area contributed by atoms with Gasteiger partial charge in [0.1, 0.15) is 5.75 Å². The Hall–Kier alpha value is -1.14. The zero-order chi connectivity index (χ0) is 14.5. The molecule has 0 bridgehead atoms. The summed E-state index contributed by atoms with van der Waals surface area (Å²) in [7, 11) is 0. The molecule has 0 fully saturated rings. The number of halogens is 2. The van der Waals surface area contributed by atoms with E-state index in [0.717, 1.165) is 15.6 Å². The van der Waals surface area contributed by atoms with E-state index in [1.54, 1.807) is 6.07 Å². The summed E-state index contributed by atoms with van der Waals surface area (Å²) in [6.45, 7) is 2.02. The van der Waals surface area contributed by atoms with Crippen LogP contribution in [0, 0.1) is 9.39 Å². The maximum absolute atomic E-state index is 14.0. The van der Waals surface area contributed by atoms with Crippen LogP contribution in [0.25, 0.3) is 0 Å². The van der Waals surface area contributed by atoms with Crippen LogP contribution < -0.4 is 10.5 Å². The number of hydrogen-bond donors (Lipinski definition) is 1. The molecule has 1 atom stereocenters. The Labute approximate surface area is 132 Å². The zero-order valence-corrected chi connectivity index (χ0v) is 13.4.